The fourth-order valence-electron chi connectivity index (χ4n) is 2.37. The van der Waals surface area contributed by atoms with E-state index in [1.807, 2.05) is 24.3 Å². The maximum atomic E-state index is 9.59. The fourth-order valence-corrected chi connectivity index (χ4v) is 2.75. The lowest BCUT2D eigenvalue weighted by Gasteiger charge is -2.30. The first kappa shape index (κ1) is 13.8. The largest absolute Gasteiger partial charge is 0.494 e. The third-order valence-corrected chi connectivity index (χ3v) is 4.32. The van der Waals surface area contributed by atoms with Crippen molar-refractivity contribution in [1.29, 1.82) is 0 Å². The summed E-state index contributed by atoms with van der Waals surface area (Å²) in [6.07, 6.45) is 3.19. The first-order valence-corrected chi connectivity index (χ1v) is 7.19. The molecule has 0 amide bonds. The van der Waals surface area contributed by atoms with E-state index in [1.54, 1.807) is 0 Å². The molecule has 0 aromatic heterocycles. The summed E-state index contributed by atoms with van der Waals surface area (Å²) in [7, 11) is 0. The first-order valence-electron chi connectivity index (χ1n) is 6.39. The quantitative estimate of drug-likeness (QED) is 0.813. The molecule has 4 heteroatoms. The van der Waals surface area contributed by atoms with Crippen molar-refractivity contribution >= 4 is 15.9 Å². The van der Waals surface area contributed by atoms with Gasteiger partial charge < -0.3 is 15.6 Å². The molecule has 3 nitrogen and oxygen atoms in total. The Morgan fingerprint density at radius 1 is 1.44 bits per heavy atom. The normalized spacial score (nSPS) is 18.4. The molecule has 0 radical (unpaired) electrons. The van der Waals surface area contributed by atoms with Crippen LogP contribution >= 0.6 is 15.9 Å². The number of rotatable bonds is 7. The number of aliphatic hydroxyl groups excluding tert-OH is 1. The number of nitrogens with two attached hydrogens (primary N) is 1. The molecule has 1 unspecified atom stereocenters. The van der Waals surface area contributed by atoms with E-state index in [0.717, 1.165) is 16.6 Å². The van der Waals surface area contributed by atoms with Crippen LogP contribution in [-0.2, 0) is 0 Å². The molecule has 2 rings (SSSR count). The molecule has 3 N–H and O–H groups in total. The Morgan fingerprint density at radius 2 is 2.22 bits per heavy atom. The van der Waals surface area contributed by atoms with E-state index in [4.69, 9.17) is 10.5 Å². The second-order valence-corrected chi connectivity index (χ2v) is 5.97. The number of halogens is 1. The monoisotopic (exact) mass is 313 g/mol. The summed E-state index contributed by atoms with van der Waals surface area (Å²) in [6, 6.07) is 7.79. The molecular formula is C14H20BrNO2. The Kier molecular flexibility index (Phi) is 4.65. The van der Waals surface area contributed by atoms with Gasteiger partial charge in [0.25, 0.3) is 0 Å². The number of hydrogen-bond donors (Lipinski definition) is 2. The van der Waals surface area contributed by atoms with E-state index < -0.39 is 0 Å². The highest BCUT2D eigenvalue weighted by Crippen LogP contribution is 2.46. The van der Waals surface area contributed by atoms with Crippen LogP contribution in [0, 0.1) is 11.3 Å². The van der Waals surface area contributed by atoms with Gasteiger partial charge in [0.2, 0.25) is 0 Å². The SMILES string of the molecule is NCC(CO)(CCOc1cccc(Br)c1)C1CC1. The van der Waals surface area contributed by atoms with Crippen LogP contribution in [0.2, 0.25) is 0 Å². The molecule has 1 saturated carbocycles. The van der Waals surface area contributed by atoms with Gasteiger partial charge in [0.15, 0.2) is 0 Å². The van der Waals surface area contributed by atoms with Crippen LogP contribution in [0.3, 0.4) is 0 Å². The molecule has 1 aliphatic rings. The second-order valence-electron chi connectivity index (χ2n) is 5.05. The van der Waals surface area contributed by atoms with Gasteiger partial charge >= 0.3 is 0 Å². The third kappa shape index (κ3) is 3.25. The van der Waals surface area contributed by atoms with Gasteiger partial charge in [0.05, 0.1) is 13.2 Å². The van der Waals surface area contributed by atoms with Crippen molar-refractivity contribution < 1.29 is 9.84 Å². The average molecular weight is 314 g/mol. The minimum absolute atomic E-state index is 0.133. The molecule has 1 aromatic carbocycles. The lowest BCUT2D eigenvalue weighted by Crippen LogP contribution is -2.38. The van der Waals surface area contributed by atoms with Gasteiger partial charge in [0.1, 0.15) is 5.75 Å². The standard InChI is InChI=1S/C14H20BrNO2/c15-12-2-1-3-13(8-12)18-7-6-14(9-16,10-17)11-4-5-11/h1-3,8,11,17H,4-7,9-10,16H2. The molecule has 100 valence electrons. The van der Waals surface area contributed by atoms with Gasteiger partial charge in [-0.3, -0.25) is 0 Å². The molecule has 0 bridgehead atoms. The Hall–Kier alpha value is -0.580. The lowest BCUT2D eigenvalue weighted by molar-refractivity contribution is 0.0816. The minimum Gasteiger partial charge on any atom is -0.494 e. The molecule has 0 aliphatic heterocycles. The van der Waals surface area contributed by atoms with Crippen LogP contribution in [0.5, 0.6) is 5.75 Å². The van der Waals surface area contributed by atoms with E-state index in [9.17, 15) is 5.11 Å². The summed E-state index contributed by atoms with van der Waals surface area (Å²) in [5.41, 5.74) is 5.71. The summed E-state index contributed by atoms with van der Waals surface area (Å²) in [4.78, 5) is 0. The molecule has 18 heavy (non-hydrogen) atoms. The number of benzene rings is 1. The topological polar surface area (TPSA) is 55.5 Å². The Balaban J connectivity index is 1.87. The summed E-state index contributed by atoms with van der Waals surface area (Å²) in [5.74, 6) is 1.43. The van der Waals surface area contributed by atoms with Gasteiger partial charge in [-0.15, -0.1) is 0 Å². The average Bonchev–Trinajstić information content (AvgIpc) is 3.20. The van der Waals surface area contributed by atoms with Crippen molar-refractivity contribution in [2.45, 2.75) is 19.3 Å². The molecule has 0 saturated heterocycles. The van der Waals surface area contributed by atoms with Gasteiger partial charge in [-0.2, -0.15) is 0 Å². The van der Waals surface area contributed by atoms with Crippen LogP contribution in [0.4, 0.5) is 0 Å². The van der Waals surface area contributed by atoms with Crippen molar-refractivity contribution in [3.05, 3.63) is 28.7 Å². The highest BCUT2D eigenvalue weighted by molar-refractivity contribution is 9.10. The Bertz CT molecular complexity index is 389. The molecule has 1 atom stereocenters. The van der Waals surface area contributed by atoms with Crippen molar-refractivity contribution in [2.75, 3.05) is 19.8 Å². The molecule has 1 fully saturated rings. The van der Waals surface area contributed by atoms with Crippen molar-refractivity contribution in [2.24, 2.45) is 17.1 Å². The number of aliphatic hydroxyl groups is 1. The molecular weight excluding hydrogens is 294 g/mol. The van der Waals surface area contributed by atoms with Crippen molar-refractivity contribution in [3.8, 4) is 5.75 Å². The molecule has 1 aliphatic carbocycles. The molecule has 0 spiro atoms. The second kappa shape index (κ2) is 6.04. The maximum Gasteiger partial charge on any atom is 0.120 e. The highest BCUT2D eigenvalue weighted by Gasteiger charge is 2.43. The van der Waals surface area contributed by atoms with Crippen LogP contribution in [0.15, 0.2) is 28.7 Å². The summed E-state index contributed by atoms with van der Waals surface area (Å²) in [6.45, 7) is 1.30. The van der Waals surface area contributed by atoms with Crippen molar-refractivity contribution in [3.63, 3.8) is 0 Å². The lowest BCUT2D eigenvalue weighted by atomic mass is 9.80. The third-order valence-electron chi connectivity index (χ3n) is 3.83. The maximum absolute atomic E-state index is 9.59. The van der Waals surface area contributed by atoms with Crippen LogP contribution < -0.4 is 10.5 Å². The van der Waals surface area contributed by atoms with Crippen LogP contribution in [-0.4, -0.2) is 24.9 Å². The highest BCUT2D eigenvalue weighted by atomic mass is 79.9. The van der Waals surface area contributed by atoms with E-state index >= 15 is 0 Å². The van der Waals surface area contributed by atoms with Crippen molar-refractivity contribution in [1.82, 2.24) is 0 Å². The van der Waals surface area contributed by atoms with E-state index in [0.29, 0.717) is 19.1 Å². The van der Waals surface area contributed by atoms with Crippen LogP contribution in [0.1, 0.15) is 19.3 Å². The minimum atomic E-state index is -0.133. The zero-order chi connectivity index (χ0) is 13.0. The summed E-state index contributed by atoms with van der Waals surface area (Å²) >= 11 is 3.41. The molecule has 1 aromatic rings. The molecule has 0 heterocycles. The fraction of sp³-hybridized carbons (Fsp3) is 0.571. The van der Waals surface area contributed by atoms with E-state index in [2.05, 4.69) is 15.9 Å². The zero-order valence-electron chi connectivity index (χ0n) is 10.4. The van der Waals surface area contributed by atoms with E-state index in [1.165, 1.54) is 12.8 Å². The summed E-state index contributed by atoms with van der Waals surface area (Å²) in [5, 5.41) is 9.59. The predicted molar refractivity (Wildman–Crippen MR) is 75.6 cm³/mol. The Morgan fingerprint density at radius 3 is 2.78 bits per heavy atom. The van der Waals surface area contributed by atoms with Gasteiger partial charge in [-0.1, -0.05) is 22.0 Å². The number of hydrogen-bond acceptors (Lipinski definition) is 3. The zero-order valence-corrected chi connectivity index (χ0v) is 12.0. The summed E-state index contributed by atoms with van der Waals surface area (Å²) < 4.78 is 6.74. The van der Waals surface area contributed by atoms with Gasteiger partial charge in [0, 0.05) is 16.4 Å². The number of ether oxygens (including phenoxy) is 1. The Labute approximate surface area is 116 Å². The predicted octanol–water partition coefficient (Wildman–Crippen LogP) is 2.57. The van der Waals surface area contributed by atoms with Crippen LogP contribution in [0.25, 0.3) is 0 Å². The van der Waals surface area contributed by atoms with E-state index in [-0.39, 0.29) is 12.0 Å². The smallest absolute Gasteiger partial charge is 0.120 e. The van der Waals surface area contributed by atoms with Gasteiger partial charge in [-0.25, -0.2) is 0 Å². The van der Waals surface area contributed by atoms with Gasteiger partial charge in [-0.05, 0) is 43.4 Å². The first-order chi connectivity index (χ1) is 8.70.